The van der Waals surface area contributed by atoms with Gasteiger partial charge in [-0.05, 0) is 35.4 Å². The standard InChI is InChI=1S/C15H16S/c1-4-7-14-13(10-11(2)3)12-8-5-6-9-15(12)16-14/h5-9,11H,1,10H2,2-3H3. The van der Waals surface area contributed by atoms with Crippen molar-refractivity contribution in [2.24, 2.45) is 5.92 Å². The third-order valence-electron chi connectivity index (χ3n) is 2.58. The molecule has 82 valence electrons. The lowest BCUT2D eigenvalue weighted by atomic mass is 10.00. The highest BCUT2D eigenvalue weighted by Crippen LogP contribution is 2.33. The highest BCUT2D eigenvalue weighted by Gasteiger charge is 2.10. The van der Waals surface area contributed by atoms with Gasteiger partial charge in [0.2, 0.25) is 0 Å². The van der Waals surface area contributed by atoms with Crippen LogP contribution < -0.4 is 0 Å². The molecule has 2 rings (SSSR count). The second-order valence-electron chi connectivity index (χ2n) is 4.39. The first-order valence-electron chi connectivity index (χ1n) is 5.58. The van der Waals surface area contributed by atoms with Crippen LogP contribution in [0.4, 0.5) is 0 Å². The van der Waals surface area contributed by atoms with E-state index in [9.17, 15) is 0 Å². The van der Waals surface area contributed by atoms with E-state index in [1.165, 1.54) is 20.5 Å². The second-order valence-corrected chi connectivity index (χ2v) is 5.47. The maximum Gasteiger partial charge on any atom is 0.0391 e. The lowest BCUT2D eigenvalue weighted by Crippen LogP contribution is -1.94. The average molecular weight is 228 g/mol. The summed E-state index contributed by atoms with van der Waals surface area (Å²) in [5, 5.41) is 1.39. The normalized spacial score (nSPS) is 10.7. The molecule has 0 aliphatic rings. The Bertz CT molecular complexity index is 540. The van der Waals surface area contributed by atoms with Crippen molar-refractivity contribution in [3.05, 3.63) is 47.0 Å². The largest absolute Gasteiger partial charge is 0.135 e. The van der Waals surface area contributed by atoms with Gasteiger partial charge in [0.25, 0.3) is 0 Å². The van der Waals surface area contributed by atoms with Gasteiger partial charge in [0.1, 0.15) is 0 Å². The first-order chi connectivity index (χ1) is 7.72. The van der Waals surface area contributed by atoms with Crippen LogP contribution >= 0.6 is 11.3 Å². The van der Waals surface area contributed by atoms with Crippen molar-refractivity contribution in [1.29, 1.82) is 0 Å². The van der Waals surface area contributed by atoms with Crippen molar-refractivity contribution in [2.45, 2.75) is 20.3 Å². The summed E-state index contributed by atoms with van der Waals surface area (Å²) in [6.45, 7) is 8.19. The second kappa shape index (κ2) is 4.69. The Morgan fingerprint density at radius 3 is 2.81 bits per heavy atom. The minimum atomic E-state index is 0.676. The van der Waals surface area contributed by atoms with Gasteiger partial charge in [-0.2, -0.15) is 0 Å². The fourth-order valence-corrected chi connectivity index (χ4v) is 3.09. The first kappa shape index (κ1) is 11.2. The maximum atomic E-state index is 3.67. The first-order valence-corrected chi connectivity index (χ1v) is 6.40. The van der Waals surface area contributed by atoms with E-state index in [4.69, 9.17) is 0 Å². The van der Waals surface area contributed by atoms with Crippen molar-refractivity contribution in [2.75, 3.05) is 0 Å². The van der Waals surface area contributed by atoms with E-state index in [-0.39, 0.29) is 0 Å². The summed E-state index contributed by atoms with van der Waals surface area (Å²) in [5.74, 6) is 0.676. The molecule has 2 aromatic rings. The molecular formula is C15H16S. The number of fused-ring (bicyclic) bond motifs is 1. The number of hydrogen-bond donors (Lipinski definition) is 0. The molecule has 0 fully saturated rings. The van der Waals surface area contributed by atoms with E-state index < -0.39 is 0 Å². The average Bonchev–Trinajstić information content (AvgIpc) is 2.57. The molecule has 1 heteroatoms. The smallest absolute Gasteiger partial charge is 0.0391 e. The summed E-state index contributed by atoms with van der Waals surface area (Å²) < 4.78 is 1.36. The molecular weight excluding hydrogens is 212 g/mol. The Balaban J connectivity index is 2.64. The van der Waals surface area contributed by atoms with Crippen LogP contribution in [0, 0.1) is 5.92 Å². The molecule has 1 aromatic carbocycles. The molecule has 16 heavy (non-hydrogen) atoms. The topological polar surface area (TPSA) is 0 Å². The lowest BCUT2D eigenvalue weighted by molar-refractivity contribution is 0.650. The van der Waals surface area contributed by atoms with E-state index in [0.29, 0.717) is 5.92 Å². The quantitative estimate of drug-likeness (QED) is 0.656. The van der Waals surface area contributed by atoms with Crippen molar-refractivity contribution in [1.82, 2.24) is 0 Å². The number of thiophene rings is 1. The van der Waals surface area contributed by atoms with Gasteiger partial charge in [-0.3, -0.25) is 0 Å². The van der Waals surface area contributed by atoms with Crippen LogP contribution in [0.3, 0.4) is 0 Å². The van der Waals surface area contributed by atoms with E-state index in [1.807, 2.05) is 17.4 Å². The summed E-state index contributed by atoms with van der Waals surface area (Å²) in [6.07, 6.45) is 3.12. The zero-order valence-electron chi connectivity index (χ0n) is 9.79. The van der Waals surface area contributed by atoms with Gasteiger partial charge in [0.05, 0.1) is 0 Å². The van der Waals surface area contributed by atoms with Gasteiger partial charge < -0.3 is 0 Å². The lowest BCUT2D eigenvalue weighted by Gasteiger charge is -2.04. The van der Waals surface area contributed by atoms with Gasteiger partial charge in [-0.15, -0.1) is 17.1 Å². The van der Waals surface area contributed by atoms with E-state index in [1.54, 1.807) is 0 Å². The molecule has 0 radical (unpaired) electrons. The molecule has 0 aliphatic heterocycles. The van der Waals surface area contributed by atoms with Gasteiger partial charge in [0, 0.05) is 9.58 Å². The van der Waals surface area contributed by atoms with Crippen LogP contribution in [0.25, 0.3) is 16.2 Å². The molecule has 0 saturated heterocycles. The molecule has 0 atom stereocenters. The molecule has 0 unspecified atom stereocenters. The van der Waals surface area contributed by atoms with Crippen molar-refractivity contribution in [3.63, 3.8) is 0 Å². The molecule has 1 aromatic heterocycles. The Morgan fingerprint density at radius 2 is 2.12 bits per heavy atom. The zero-order chi connectivity index (χ0) is 11.5. The fraction of sp³-hybridized carbons (Fsp3) is 0.267. The van der Waals surface area contributed by atoms with E-state index in [0.717, 1.165) is 6.42 Å². The molecule has 0 aliphatic carbocycles. The van der Waals surface area contributed by atoms with Crippen LogP contribution in [0.15, 0.2) is 36.6 Å². The van der Waals surface area contributed by atoms with Gasteiger partial charge in [0.15, 0.2) is 0 Å². The predicted octanol–water partition coefficient (Wildman–Crippen LogP) is 4.90. The SMILES string of the molecule is C=C=Cc1sc2ccccc2c1CC(C)C. The highest BCUT2D eigenvalue weighted by atomic mass is 32.1. The minimum absolute atomic E-state index is 0.676. The molecule has 0 spiro atoms. The summed E-state index contributed by atoms with van der Waals surface area (Å²) in [7, 11) is 0. The van der Waals surface area contributed by atoms with Crippen molar-refractivity contribution < 1.29 is 0 Å². The Hall–Kier alpha value is -1.30. The molecule has 1 heterocycles. The number of benzene rings is 1. The van der Waals surface area contributed by atoms with Gasteiger partial charge in [-0.25, -0.2) is 0 Å². The summed E-state index contributed by atoms with van der Waals surface area (Å²) >= 11 is 1.83. The maximum absolute atomic E-state index is 3.67. The Labute approximate surface area is 101 Å². The molecule has 0 amide bonds. The molecule has 0 N–H and O–H groups in total. The van der Waals surface area contributed by atoms with Gasteiger partial charge in [-0.1, -0.05) is 38.6 Å². The highest BCUT2D eigenvalue weighted by molar-refractivity contribution is 7.20. The number of rotatable bonds is 3. The van der Waals surface area contributed by atoms with E-state index in [2.05, 4.69) is 50.4 Å². The van der Waals surface area contributed by atoms with Crippen LogP contribution in [0.2, 0.25) is 0 Å². The minimum Gasteiger partial charge on any atom is -0.135 e. The zero-order valence-corrected chi connectivity index (χ0v) is 10.6. The fourth-order valence-electron chi connectivity index (χ4n) is 1.95. The van der Waals surface area contributed by atoms with Crippen molar-refractivity contribution in [3.8, 4) is 0 Å². The molecule has 0 bridgehead atoms. The third-order valence-corrected chi connectivity index (χ3v) is 3.74. The summed E-state index contributed by atoms with van der Waals surface area (Å²) in [5.41, 5.74) is 4.34. The van der Waals surface area contributed by atoms with Crippen LogP contribution in [-0.2, 0) is 6.42 Å². The Kier molecular flexibility index (Phi) is 3.28. The molecule has 0 saturated carbocycles. The summed E-state index contributed by atoms with van der Waals surface area (Å²) in [6, 6.07) is 8.61. The Morgan fingerprint density at radius 1 is 1.38 bits per heavy atom. The van der Waals surface area contributed by atoms with Gasteiger partial charge >= 0.3 is 0 Å². The molecule has 0 nitrogen and oxygen atoms in total. The summed E-state index contributed by atoms with van der Waals surface area (Å²) in [4.78, 5) is 1.31. The van der Waals surface area contributed by atoms with Crippen LogP contribution in [0.5, 0.6) is 0 Å². The predicted molar refractivity (Wildman–Crippen MR) is 74.0 cm³/mol. The van der Waals surface area contributed by atoms with E-state index >= 15 is 0 Å². The number of hydrogen-bond acceptors (Lipinski definition) is 1. The van der Waals surface area contributed by atoms with Crippen molar-refractivity contribution >= 4 is 27.5 Å². The van der Waals surface area contributed by atoms with Crippen LogP contribution in [-0.4, -0.2) is 0 Å². The third kappa shape index (κ3) is 2.11. The van der Waals surface area contributed by atoms with Crippen LogP contribution in [0.1, 0.15) is 24.3 Å². The monoisotopic (exact) mass is 228 g/mol.